The van der Waals surface area contributed by atoms with E-state index in [0.717, 1.165) is 46.6 Å². The molecule has 2 N–H and O–H groups in total. The summed E-state index contributed by atoms with van der Waals surface area (Å²) in [6.07, 6.45) is 10.3. The highest BCUT2D eigenvalue weighted by Crippen LogP contribution is 2.41. The molecule has 298 valence electrons. The van der Waals surface area contributed by atoms with E-state index in [1.165, 1.54) is 0 Å². The molecule has 4 aliphatic heterocycles. The molecule has 0 saturated heterocycles. The molecule has 2 amide bonds. The van der Waals surface area contributed by atoms with Gasteiger partial charge >= 0.3 is 0 Å². The molecule has 0 bridgehead atoms. The quantitative estimate of drug-likeness (QED) is 0.102. The minimum absolute atomic E-state index is 0.0968. The highest BCUT2D eigenvalue weighted by atomic mass is 16.5. The number of aliphatic imine (C=N–C) groups is 2. The largest absolute Gasteiger partial charge is 0.494 e. The molecule has 0 aromatic heterocycles. The van der Waals surface area contributed by atoms with Crippen LogP contribution in [0.5, 0.6) is 23.0 Å². The van der Waals surface area contributed by atoms with Gasteiger partial charge in [-0.2, -0.15) is 0 Å². The third kappa shape index (κ3) is 8.05. The molecule has 4 heterocycles. The van der Waals surface area contributed by atoms with E-state index >= 15 is 0 Å². The summed E-state index contributed by atoms with van der Waals surface area (Å²) in [5, 5.41) is 0. The van der Waals surface area contributed by atoms with Gasteiger partial charge in [-0.05, 0) is 91.7 Å². The van der Waals surface area contributed by atoms with Crippen molar-refractivity contribution in [3.63, 3.8) is 0 Å². The summed E-state index contributed by atoms with van der Waals surface area (Å²) in [5.41, 5.74) is 13.8. The lowest BCUT2D eigenvalue weighted by molar-refractivity contribution is 0.0809. The Morgan fingerprint density at radius 2 is 1.31 bits per heavy atom. The zero-order chi connectivity index (χ0) is 40.3. The summed E-state index contributed by atoms with van der Waals surface area (Å²) in [6, 6.07) is 22.5. The normalized spacial score (nSPS) is 17.9. The van der Waals surface area contributed by atoms with Crippen LogP contribution >= 0.6 is 0 Å². The first kappa shape index (κ1) is 38.5. The van der Waals surface area contributed by atoms with Gasteiger partial charge in [-0.3, -0.25) is 19.6 Å². The molecule has 12 heteroatoms. The van der Waals surface area contributed by atoms with Crippen LogP contribution in [-0.2, 0) is 0 Å². The van der Waals surface area contributed by atoms with Gasteiger partial charge in [-0.1, -0.05) is 24.3 Å². The van der Waals surface area contributed by atoms with Gasteiger partial charge in [0.25, 0.3) is 11.8 Å². The minimum atomic E-state index is -0.202. The molecular formula is C46H48N6O6. The Bertz CT molecular complexity index is 2350. The van der Waals surface area contributed by atoms with Crippen LogP contribution in [0.1, 0.15) is 63.1 Å². The zero-order valence-corrected chi connectivity index (χ0v) is 33.3. The van der Waals surface area contributed by atoms with Crippen molar-refractivity contribution < 1.29 is 28.5 Å². The molecule has 58 heavy (non-hydrogen) atoms. The Balaban J connectivity index is 0.868. The molecule has 0 aliphatic carbocycles. The number of nitrogens with two attached hydrogens (primary N) is 1. The highest BCUT2D eigenvalue weighted by molar-refractivity contribution is 6.06. The molecule has 0 saturated carbocycles. The first-order chi connectivity index (χ1) is 28.1. The Kier molecular flexibility index (Phi) is 11.0. The molecule has 2 atom stereocenters. The molecule has 4 aromatic rings. The summed E-state index contributed by atoms with van der Waals surface area (Å²) >= 11 is 0. The fourth-order valence-electron chi connectivity index (χ4n) is 7.65. The second kappa shape index (κ2) is 16.6. The summed E-state index contributed by atoms with van der Waals surface area (Å²) in [5.74, 6) is 2.19. The van der Waals surface area contributed by atoms with Crippen molar-refractivity contribution in [1.29, 1.82) is 0 Å². The number of hydrogen-bond donors (Lipinski definition) is 1. The van der Waals surface area contributed by atoms with E-state index in [9.17, 15) is 9.59 Å². The fraction of sp³-hybridized carbons (Fsp3) is 0.304. The number of aryl methyl sites for hydroxylation is 1. The number of hydrogen-bond acceptors (Lipinski definition) is 10. The number of carbonyl (C=O) groups excluding carboxylic acids is 2. The van der Waals surface area contributed by atoms with E-state index in [-0.39, 0.29) is 23.9 Å². The summed E-state index contributed by atoms with van der Waals surface area (Å²) in [4.78, 5) is 42.7. The molecule has 12 nitrogen and oxygen atoms in total. The number of nitrogens with zero attached hydrogens (tertiary/aromatic N) is 5. The summed E-state index contributed by atoms with van der Waals surface area (Å²) < 4.78 is 23.9. The maximum Gasteiger partial charge on any atom is 0.260 e. The van der Waals surface area contributed by atoms with Crippen LogP contribution in [0.3, 0.4) is 0 Å². The van der Waals surface area contributed by atoms with Gasteiger partial charge in [-0.25, -0.2) is 0 Å². The van der Waals surface area contributed by atoms with Gasteiger partial charge in [0.15, 0.2) is 11.5 Å². The van der Waals surface area contributed by atoms with Crippen LogP contribution in [0.15, 0.2) is 95.2 Å². The first-order valence-corrected chi connectivity index (χ1v) is 19.7. The zero-order valence-electron chi connectivity index (χ0n) is 33.3. The molecule has 4 aliphatic rings. The summed E-state index contributed by atoms with van der Waals surface area (Å²) in [7, 11) is 5.66. The molecule has 4 aromatic carbocycles. The molecular weight excluding hydrogens is 733 g/mol. The van der Waals surface area contributed by atoms with Crippen molar-refractivity contribution in [3.8, 4) is 23.0 Å². The van der Waals surface area contributed by atoms with Crippen LogP contribution in [0, 0.1) is 6.92 Å². The Labute approximate surface area is 338 Å². The Morgan fingerprint density at radius 3 is 1.95 bits per heavy atom. The topological polar surface area (TPSA) is 132 Å². The highest BCUT2D eigenvalue weighted by Gasteiger charge is 2.35. The maximum absolute atomic E-state index is 13.9. The van der Waals surface area contributed by atoms with Gasteiger partial charge in [-0.15, -0.1) is 0 Å². The lowest BCUT2D eigenvalue weighted by Gasteiger charge is -2.19. The number of ether oxygens (including phenoxy) is 4. The van der Waals surface area contributed by atoms with E-state index < -0.39 is 0 Å². The molecule has 0 unspecified atom stereocenters. The smallest absolute Gasteiger partial charge is 0.260 e. The van der Waals surface area contributed by atoms with Crippen LogP contribution < -0.4 is 24.7 Å². The molecule has 0 radical (unpaired) electrons. The van der Waals surface area contributed by atoms with Crippen molar-refractivity contribution >= 4 is 52.5 Å². The number of amides is 2. The van der Waals surface area contributed by atoms with Crippen molar-refractivity contribution in [2.24, 2.45) is 9.98 Å². The molecule has 0 spiro atoms. The number of anilines is 1. The van der Waals surface area contributed by atoms with Crippen LogP contribution in [0.2, 0.25) is 0 Å². The van der Waals surface area contributed by atoms with E-state index in [0.29, 0.717) is 84.5 Å². The lowest BCUT2D eigenvalue weighted by atomic mass is 10.0. The number of fused-ring (bicyclic) bond motifs is 4. The Morgan fingerprint density at radius 1 is 0.707 bits per heavy atom. The van der Waals surface area contributed by atoms with Gasteiger partial charge < -0.3 is 39.4 Å². The van der Waals surface area contributed by atoms with Gasteiger partial charge in [0.05, 0.1) is 61.5 Å². The van der Waals surface area contributed by atoms with Crippen LogP contribution in [0.4, 0.5) is 17.1 Å². The van der Waals surface area contributed by atoms with Crippen molar-refractivity contribution in [2.75, 3.05) is 53.3 Å². The van der Waals surface area contributed by atoms with E-state index in [1.807, 2.05) is 92.4 Å². The standard InChI is InChI=1S/C46H48N6O6/c1-29-18-38-40(48-26-36-21-33(28-52(36)45(38)53)31-8-5-9-34(47)19-31)23-42(29)57-16-7-17-58-44-24-41-39(22-43(44)55-4)46(54)51-27-32(20-35(51)25-49-41)30-10-12-37(13-11-30)56-15-6-14-50(2)3/h5,8-13,18-19,22-28,35-36H,6-7,14-17,20-21,47H2,1-4H3/t35-,36-/m0/s1. The van der Waals surface area contributed by atoms with E-state index in [4.69, 9.17) is 34.7 Å². The fourth-order valence-corrected chi connectivity index (χ4v) is 7.65. The second-order valence-corrected chi connectivity index (χ2v) is 15.2. The van der Waals surface area contributed by atoms with Crippen molar-refractivity contribution in [2.45, 2.75) is 44.7 Å². The van der Waals surface area contributed by atoms with Gasteiger partial charge in [0.2, 0.25) is 0 Å². The number of benzene rings is 4. The summed E-state index contributed by atoms with van der Waals surface area (Å²) in [6.45, 7) is 4.28. The lowest BCUT2D eigenvalue weighted by Crippen LogP contribution is -2.32. The van der Waals surface area contributed by atoms with Crippen LogP contribution in [0.25, 0.3) is 11.1 Å². The second-order valence-electron chi connectivity index (χ2n) is 15.2. The monoisotopic (exact) mass is 780 g/mol. The number of methoxy groups -OCH3 is 1. The van der Waals surface area contributed by atoms with Crippen molar-refractivity contribution in [3.05, 3.63) is 113 Å². The van der Waals surface area contributed by atoms with E-state index in [2.05, 4.69) is 19.0 Å². The van der Waals surface area contributed by atoms with E-state index in [1.54, 1.807) is 29.0 Å². The number of nitrogen functional groups attached to an aromatic ring is 1. The predicted octanol–water partition coefficient (Wildman–Crippen LogP) is 7.71. The SMILES string of the molecule is COc1cc2c(cc1OCCCOc1cc3c(cc1C)C(=O)N1C=C(c4cccc(N)c4)C[C@H]1C=N3)N=C[C@@H]1CC(c3ccc(OCCCN(C)C)cc3)=CN1C2=O. The third-order valence-corrected chi connectivity index (χ3v) is 10.7. The van der Waals surface area contributed by atoms with Gasteiger partial charge in [0.1, 0.15) is 11.5 Å². The average molecular weight is 781 g/mol. The molecule has 8 rings (SSSR count). The maximum atomic E-state index is 13.9. The van der Waals surface area contributed by atoms with Gasteiger partial charge in [0, 0.05) is 68.5 Å². The number of carbonyl (C=O) groups is 2. The average Bonchev–Trinajstić information content (AvgIpc) is 3.80. The molecule has 0 fully saturated rings. The predicted molar refractivity (Wildman–Crippen MR) is 227 cm³/mol. The minimum Gasteiger partial charge on any atom is -0.494 e. The van der Waals surface area contributed by atoms with Crippen molar-refractivity contribution in [1.82, 2.24) is 14.7 Å². The Hall–Kier alpha value is -6.40. The first-order valence-electron chi connectivity index (χ1n) is 19.7. The van der Waals surface area contributed by atoms with Crippen LogP contribution in [-0.4, -0.2) is 98.6 Å². The third-order valence-electron chi connectivity index (χ3n) is 10.7. The number of rotatable bonds is 14.